The number of amides is 2. The van der Waals surface area contributed by atoms with Gasteiger partial charge in [0.2, 0.25) is 5.91 Å². The van der Waals surface area contributed by atoms with Crippen molar-refractivity contribution >= 4 is 33.2 Å². The van der Waals surface area contributed by atoms with Gasteiger partial charge in [0.25, 0.3) is 0 Å². The van der Waals surface area contributed by atoms with Gasteiger partial charge < -0.3 is 15.0 Å². The molecule has 2 amide bonds. The van der Waals surface area contributed by atoms with Crippen LogP contribution < -0.4 is 15.1 Å². The first-order chi connectivity index (χ1) is 15.3. The Balaban J connectivity index is 1.22. The number of fused-ring (bicyclic) bond motifs is 1. The van der Waals surface area contributed by atoms with Gasteiger partial charge >= 0.3 is 6.09 Å². The molecule has 32 heavy (non-hydrogen) atoms. The van der Waals surface area contributed by atoms with E-state index in [1.165, 1.54) is 11.0 Å². The highest BCUT2D eigenvalue weighted by molar-refractivity contribution is 7.91. The second kappa shape index (κ2) is 8.20. The second-order valence-electron chi connectivity index (χ2n) is 9.43. The fraction of sp³-hybridized carbons (Fsp3) is 0.636. The van der Waals surface area contributed by atoms with Gasteiger partial charge in [0, 0.05) is 19.0 Å². The maximum Gasteiger partial charge on any atom is 0.414 e. The van der Waals surface area contributed by atoms with E-state index in [9.17, 15) is 18.0 Å². The number of hydrogen-bond donors (Lipinski definition) is 1. The molecule has 1 aromatic carbocycles. The Bertz CT molecular complexity index is 1010. The van der Waals surface area contributed by atoms with Crippen LogP contribution in [-0.4, -0.2) is 64.2 Å². The molecule has 174 valence electrons. The zero-order valence-corrected chi connectivity index (χ0v) is 18.7. The van der Waals surface area contributed by atoms with E-state index in [2.05, 4.69) is 5.32 Å². The fourth-order valence-electron chi connectivity index (χ4n) is 5.02. The highest BCUT2D eigenvalue weighted by Gasteiger charge is 2.38. The maximum atomic E-state index is 15.0. The smallest absolute Gasteiger partial charge is 0.414 e. The molecule has 4 aliphatic rings. The topological polar surface area (TPSA) is 96.0 Å². The predicted molar refractivity (Wildman–Crippen MR) is 117 cm³/mol. The van der Waals surface area contributed by atoms with E-state index in [0.29, 0.717) is 37.3 Å². The molecular weight excluding hydrogens is 437 g/mol. The molecule has 1 aromatic rings. The van der Waals surface area contributed by atoms with Crippen LogP contribution in [-0.2, 0) is 19.4 Å². The van der Waals surface area contributed by atoms with Crippen molar-refractivity contribution in [2.75, 3.05) is 47.5 Å². The molecule has 0 bridgehead atoms. The monoisotopic (exact) mass is 465 g/mol. The summed E-state index contributed by atoms with van der Waals surface area (Å²) in [5, 5.41) is 2.81. The summed E-state index contributed by atoms with van der Waals surface area (Å²) in [5.41, 5.74) is 0.900. The van der Waals surface area contributed by atoms with Gasteiger partial charge in [-0.05, 0) is 55.7 Å². The maximum absolute atomic E-state index is 15.0. The zero-order valence-electron chi connectivity index (χ0n) is 17.8. The molecule has 3 heterocycles. The van der Waals surface area contributed by atoms with Crippen LogP contribution in [0.2, 0.25) is 0 Å². The lowest BCUT2D eigenvalue weighted by molar-refractivity contribution is -0.122. The first-order valence-corrected chi connectivity index (χ1v) is 13.1. The summed E-state index contributed by atoms with van der Waals surface area (Å²) in [6.45, 7) is 1.80. The minimum absolute atomic E-state index is 0.00520. The van der Waals surface area contributed by atoms with E-state index in [0.717, 1.165) is 12.8 Å². The first-order valence-electron chi connectivity index (χ1n) is 11.3. The van der Waals surface area contributed by atoms with Crippen molar-refractivity contribution in [1.29, 1.82) is 0 Å². The number of anilines is 2. The van der Waals surface area contributed by atoms with E-state index < -0.39 is 27.9 Å². The largest absolute Gasteiger partial charge is 0.442 e. The summed E-state index contributed by atoms with van der Waals surface area (Å²) >= 11 is 0. The Kier molecular flexibility index (Phi) is 5.51. The number of benzene rings is 1. The molecule has 0 aromatic heterocycles. The van der Waals surface area contributed by atoms with Crippen molar-refractivity contribution in [2.24, 2.45) is 17.8 Å². The van der Waals surface area contributed by atoms with Gasteiger partial charge in [-0.15, -0.1) is 0 Å². The van der Waals surface area contributed by atoms with Crippen molar-refractivity contribution in [3.63, 3.8) is 0 Å². The summed E-state index contributed by atoms with van der Waals surface area (Å²) in [5.74, 6) is 0.608. The molecule has 5 rings (SSSR count). The van der Waals surface area contributed by atoms with Gasteiger partial charge in [-0.2, -0.15) is 0 Å². The van der Waals surface area contributed by atoms with Crippen LogP contribution in [0.5, 0.6) is 0 Å². The Labute approximate surface area is 187 Å². The third kappa shape index (κ3) is 4.42. The SMILES string of the molecule is O=C(NC[C@H]1CN(c2ccc(N3CC4CCS(=O)(=O)CCC4C3)c(F)c2)C(=O)O1)C1CC1. The highest BCUT2D eigenvalue weighted by Crippen LogP contribution is 2.37. The summed E-state index contributed by atoms with van der Waals surface area (Å²) < 4.78 is 44.1. The highest BCUT2D eigenvalue weighted by atomic mass is 32.2. The Hall–Kier alpha value is -2.36. The molecule has 1 aliphatic carbocycles. The number of carbonyl (C=O) groups is 2. The van der Waals surface area contributed by atoms with Crippen molar-refractivity contribution in [3.8, 4) is 0 Å². The molecule has 3 aliphatic heterocycles. The number of nitrogens with zero attached hydrogens (tertiary/aromatic N) is 2. The zero-order chi connectivity index (χ0) is 22.5. The quantitative estimate of drug-likeness (QED) is 0.714. The number of sulfone groups is 1. The second-order valence-corrected chi connectivity index (χ2v) is 11.7. The molecule has 10 heteroatoms. The van der Waals surface area contributed by atoms with E-state index in [-0.39, 0.29) is 48.3 Å². The van der Waals surface area contributed by atoms with Crippen LogP contribution in [0.15, 0.2) is 18.2 Å². The van der Waals surface area contributed by atoms with Gasteiger partial charge in [-0.3, -0.25) is 9.69 Å². The predicted octanol–water partition coefficient (Wildman–Crippen LogP) is 1.94. The molecule has 0 radical (unpaired) electrons. The minimum Gasteiger partial charge on any atom is -0.442 e. The molecular formula is C22H28FN3O5S. The third-order valence-electron chi connectivity index (χ3n) is 7.09. The van der Waals surface area contributed by atoms with Crippen molar-refractivity contribution in [2.45, 2.75) is 31.8 Å². The first kappa shape index (κ1) is 21.5. The molecule has 3 saturated heterocycles. The van der Waals surface area contributed by atoms with Gasteiger partial charge in [0.05, 0.1) is 36.0 Å². The van der Waals surface area contributed by atoms with Crippen LogP contribution in [0.1, 0.15) is 25.7 Å². The van der Waals surface area contributed by atoms with Gasteiger partial charge in [-0.25, -0.2) is 17.6 Å². The summed E-state index contributed by atoms with van der Waals surface area (Å²) in [6, 6.07) is 4.74. The Morgan fingerprint density at radius 2 is 1.78 bits per heavy atom. The lowest BCUT2D eigenvalue weighted by Gasteiger charge is -2.21. The Morgan fingerprint density at radius 1 is 1.09 bits per heavy atom. The molecule has 1 saturated carbocycles. The van der Waals surface area contributed by atoms with E-state index in [1.54, 1.807) is 12.1 Å². The summed E-state index contributed by atoms with van der Waals surface area (Å²) in [7, 11) is -2.95. The lowest BCUT2D eigenvalue weighted by atomic mass is 9.92. The van der Waals surface area contributed by atoms with Crippen molar-refractivity contribution < 1.29 is 27.1 Å². The number of halogens is 1. The van der Waals surface area contributed by atoms with Crippen molar-refractivity contribution in [1.82, 2.24) is 5.32 Å². The summed E-state index contributed by atoms with van der Waals surface area (Å²) in [6.07, 6.45) is 2.06. The average Bonchev–Trinajstić information content (AvgIpc) is 3.45. The number of hydrogen-bond acceptors (Lipinski definition) is 6. The minimum atomic E-state index is -2.95. The van der Waals surface area contributed by atoms with E-state index >= 15 is 4.39 Å². The molecule has 1 N–H and O–H groups in total. The molecule has 0 spiro atoms. The fourth-order valence-corrected chi connectivity index (χ4v) is 6.54. The lowest BCUT2D eigenvalue weighted by Crippen LogP contribution is -2.35. The van der Waals surface area contributed by atoms with Crippen molar-refractivity contribution in [3.05, 3.63) is 24.0 Å². The molecule has 3 atom stereocenters. The number of cyclic esters (lactones) is 1. The molecule has 8 nitrogen and oxygen atoms in total. The van der Waals surface area contributed by atoms with Gasteiger partial charge in [0.1, 0.15) is 21.8 Å². The van der Waals surface area contributed by atoms with Crippen LogP contribution in [0.3, 0.4) is 0 Å². The molecule has 2 unspecified atom stereocenters. The number of ether oxygens (including phenoxy) is 1. The number of nitrogens with one attached hydrogen (secondary N) is 1. The molecule has 4 fully saturated rings. The van der Waals surface area contributed by atoms with E-state index in [1.807, 2.05) is 4.90 Å². The average molecular weight is 466 g/mol. The Morgan fingerprint density at radius 3 is 2.41 bits per heavy atom. The van der Waals surface area contributed by atoms with Crippen LogP contribution in [0.4, 0.5) is 20.6 Å². The standard InChI is InChI=1S/C22H28FN3O5S/c23-19-9-17(26-13-18(31-22(26)28)10-24-21(27)14-1-2-14)3-4-20(19)25-11-15-5-7-32(29,30)8-6-16(15)12-25/h3-4,9,14-16,18H,1-2,5-8,10-13H2,(H,24,27)/t15?,16?,18-/m0/s1. The van der Waals surface area contributed by atoms with Crippen LogP contribution in [0.25, 0.3) is 0 Å². The normalized spacial score (nSPS) is 29.4. The van der Waals surface area contributed by atoms with E-state index in [4.69, 9.17) is 4.74 Å². The summed E-state index contributed by atoms with van der Waals surface area (Å²) in [4.78, 5) is 27.5. The van der Waals surface area contributed by atoms with Crippen LogP contribution >= 0.6 is 0 Å². The van der Waals surface area contributed by atoms with Gasteiger partial charge in [-0.1, -0.05) is 0 Å². The van der Waals surface area contributed by atoms with Crippen LogP contribution in [0, 0.1) is 23.6 Å². The van der Waals surface area contributed by atoms with Gasteiger partial charge in [0.15, 0.2) is 0 Å². The number of carbonyl (C=O) groups excluding carboxylic acids is 2. The number of rotatable bonds is 5. The third-order valence-corrected chi connectivity index (χ3v) is 8.80.